The van der Waals surface area contributed by atoms with Crippen LogP contribution < -0.4 is 26.3 Å². The van der Waals surface area contributed by atoms with E-state index in [4.69, 9.17) is 20.9 Å². The van der Waals surface area contributed by atoms with Gasteiger partial charge in [-0.1, -0.05) is 0 Å². The topological polar surface area (TPSA) is 147 Å². The first kappa shape index (κ1) is 25.8. The third-order valence-corrected chi connectivity index (χ3v) is 7.26. The number of primary amides is 1. The number of halogens is 2. The Morgan fingerprint density at radius 2 is 1.97 bits per heavy atom. The fourth-order valence-electron chi connectivity index (χ4n) is 5.33. The lowest BCUT2D eigenvalue weighted by Crippen LogP contribution is -2.58. The minimum atomic E-state index is -2.88. The van der Waals surface area contributed by atoms with Gasteiger partial charge in [0.15, 0.2) is 11.5 Å². The van der Waals surface area contributed by atoms with E-state index < -0.39 is 29.7 Å². The number of nitrogens with two attached hydrogens (primary N) is 2. The van der Waals surface area contributed by atoms with E-state index >= 15 is 0 Å². The van der Waals surface area contributed by atoms with E-state index in [0.29, 0.717) is 5.75 Å². The highest BCUT2D eigenvalue weighted by Gasteiger charge is 2.54. The average molecular weight is 529 g/mol. The summed E-state index contributed by atoms with van der Waals surface area (Å²) in [6.07, 6.45) is 2.97. The highest BCUT2D eigenvalue weighted by Crippen LogP contribution is 2.56. The van der Waals surface area contributed by atoms with Crippen molar-refractivity contribution in [1.82, 2.24) is 19.7 Å². The van der Waals surface area contributed by atoms with Gasteiger partial charge in [-0.3, -0.25) is 14.0 Å². The molecule has 0 aliphatic heterocycles. The molecule has 1 spiro atoms. The number of rotatable bonds is 9. The van der Waals surface area contributed by atoms with Crippen molar-refractivity contribution in [3.63, 3.8) is 0 Å². The molecule has 5 rings (SSSR count). The zero-order chi connectivity index (χ0) is 27.2. The SMILES string of the molecule is CC(C)(CN)Oc1ccc2c(C(=O)NC3CC4(C3)CC(Oc3ncccc3C(N)=O)C4)nc(C(F)F)n2c1. The van der Waals surface area contributed by atoms with E-state index in [1.165, 1.54) is 10.6 Å². The summed E-state index contributed by atoms with van der Waals surface area (Å²) in [6.45, 7) is 3.81. The van der Waals surface area contributed by atoms with Gasteiger partial charge in [0.05, 0.1) is 11.7 Å². The molecule has 0 unspecified atom stereocenters. The van der Waals surface area contributed by atoms with Gasteiger partial charge in [-0.2, -0.15) is 0 Å². The van der Waals surface area contributed by atoms with Gasteiger partial charge in [0, 0.05) is 18.8 Å². The highest BCUT2D eigenvalue weighted by atomic mass is 19.3. The van der Waals surface area contributed by atoms with Crippen LogP contribution in [0.1, 0.15) is 72.6 Å². The summed E-state index contributed by atoms with van der Waals surface area (Å²) in [4.78, 5) is 32.7. The number of imidazole rings is 1. The number of carbonyl (C=O) groups excluding carboxylic acids is 2. The Hall–Kier alpha value is -3.80. The van der Waals surface area contributed by atoms with Crippen molar-refractivity contribution < 1.29 is 27.8 Å². The molecule has 2 saturated carbocycles. The molecule has 202 valence electrons. The summed E-state index contributed by atoms with van der Waals surface area (Å²) < 4.78 is 40.4. The quantitative estimate of drug-likeness (QED) is 0.387. The van der Waals surface area contributed by atoms with Crippen molar-refractivity contribution in [3.05, 3.63) is 53.7 Å². The molecule has 3 aromatic rings. The average Bonchev–Trinajstić information content (AvgIpc) is 3.20. The maximum Gasteiger partial charge on any atom is 0.295 e. The molecule has 5 N–H and O–H groups in total. The zero-order valence-electron chi connectivity index (χ0n) is 21.1. The van der Waals surface area contributed by atoms with E-state index in [0.717, 1.165) is 25.7 Å². The third kappa shape index (κ3) is 4.87. The standard InChI is InChI=1S/C26H30F2N6O4/c1-25(2,13-29)38-15-5-6-18-19(33-22(20(27)28)34(18)12-15)23(36)32-14-8-26(9-14)10-16(11-26)37-24-17(21(30)35)4-3-7-31-24/h3-7,12,14,16,20H,8-11,13,29H2,1-2H3,(H2,30,35)(H,32,36). The van der Waals surface area contributed by atoms with Gasteiger partial charge < -0.3 is 26.3 Å². The van der Waals surface area contributed by atoms with Crippen LogP contribution >= 0.6 is 0 Å². The van der Waals surface area contributed by atoms with Crippen LogP contribution in [0.15, 0.2) is 36.7 Å². The van der Waals surface area contributed by atoms with Crippen molar-refractivity contribution in [2.75, 3.05) is 6.54 Å². The number of pyridine rings is 2. The Bertz CT molecular complexity index is 1380. The Kier molecular flexibility index (Phi) is 6.46. The first-order valence-electron chi connectivity index (χ1n) is 12.4. The molecule has 2 amide bonds. The number of carbonyl (C=O) groups is 2. The summed E-state index contributed by atoms with van der Waals surface area (Å²) in [5.74, 6) is -1.06. The van der Waals surface area contributed by atoms with Crippen LogP contribution in [0.4, 0.5) is 8.78 Å². The predicted octanol–water partition coefficient (Wildman–Crippen LogP) is 3.00. The molecule has 0 saturated heterocycles. The van der Waals surface area contributed by atoms with Crippen molar-refractivity contribution in [3.8, 4) is 11.6 Å². The second-order valence-corrected chi connectivity index (χ2v) is 10.8. The second-order valence-electron chi connectivity index (χ2n) is 10.8. The van der Waals surface area contributed by atoms with Gasteiger partial charge >= 0.3 is 0 Å². The van der Waals surface area contributed by atoms with Crippen LogP contribution in [0, 0.1) is 5.41 Å². The first-order valence-corrected chi connectivity index (χ1v) is 12.4. The first-order chi connectivity index (χ1) is 18.0. The second kappa shape index (κ2) is 9.50. The Labute approximate surface area is 217 Å². The summed E-state index contributed by atoms with van der Waals surface area (Å²) >= 11 is 0. The normalized spacial score (nSPS) is 22.7. The molecule has 38 heavy (non-hydrogen) atoms. The van der Waals surface area contributed by atoms with Crippen LogP contribution in [0.3, 0.4) is 0 Å². The number of nitrogens with one attached hydrogen (secondary N) is 1. The molecule has 3 heterocycles. The summed E-state index contributed by atoms with van der Waals surface area (Å²) in [5, 5.41) is 2.93. The lowest BCUT2D eigenvalue weighted by Gasteiger charge is -2.57. The molecule has 0 bridgehead atoms. The van der Waals surface area contributed by atoms with E-state index in [2.05, 4.69) is 15.3 Å². The highest BCUT2D eigenvalue weighted by molar-refractivity contribution is 5.99. The van der Waals surface area contributed by atoms with Crippen molar-refractivity contribution in [2.45, 2.75) is 63.7 Å². The lowest BCUT2D eigenvalue weighted by atomic mass is 9.53. The Balaban J connectivity index is 1.21. The summed E-state index contributed by atoms with van der Waals surface area (Å²) in [7, 11) is 0. The van der Waals surface area contributed by atoms with E-state index in [9.17, 15) is 18.4 Å². The fourth-order valence-corrected chi connectivity index (χ4v) is 5.33. The number of aromatic nitrogens is 3. The largest absolute Gasteiger partial charge is 0.485 e. The van der Waals surface area contributed by atoms with Crippen LogP contribution in [-0.4, -0.2) is 50.5 Å². The van der Waals surface area contributed by atoms with Crippen molar-refractivity contribution in [2.24, 2.45) is 16.9 Å². The van der Waals surface area contributed by atoms with E-state index in [1.54, 1.807) is 44.3 Å². The van der Waals surface area contributed by atoms with Gasteiger partial charge in [0.1, 0.15) is 23.0 Å². The predicted molar refractivity (Wildman–Crippen MR) is 133 cm³/mol. The van der Waals surface area contributed by atoms with Crippen LogP contribution in [0.25, 0.3) is 5.52 Å². The van der Waals surface area contributed by atoms with E-state index in [1.807, 2.05) is 0 Å². The summed E-state index contributed by atoms with van der Waals surface area (Å²) in [6, 6.07) is 6.25. The Morgan fingerprint density at radius 3 is 2.63 bits per heavy atom. The molecule has 0 aromatic carbocycles. The molecule has 0 radical (unpaired) electrons. The van der Waals surface area contributed by atoms with Gasteiger partial charge in [-0.15, -0.1) is 0 Å². The minimum Gasteiger partial charge on any atom is -0.485 e. The van der Waals surface area contributed by atoms with Gasteiger partial charge in [-0.05, 0) is 69.2 Å². The maximum atomic E-state index is 13.7. The van der Waals surface area contributed by atoms with Gasteiger partial charge in [0.2, 0.25) is 5.88 Å². The monoisotopic (exact) mass is 528 g/mol. The van der Waals surface area contributed by atoms with Crippen molar-refractivity contribution >= 4 is 17.3 Å². The molecule has 12 heteroatoms. The molecule has 3 aromatic heterocycles. The molecule has 2 aliphatic rings. The third-order valence-electron chi connectivity index (χ3n) is 7.26. The smallest absolute Gasteiger partial charge is 0.295 e. The number of amides is 2. The fraction of sp³-hybridized carbons (Fsp3) is 0.462. The van der Waals surface area contributed by atoms with Crippen molar-refractivity contribution in [1.29, 1.82) is 0 Å². The number of hydrogen-bond donors (Lipinski definition) is 3. The maximum absolute atomic E-state index is 13.7. The lowest BCUT2D eigenvalue weighted by molar-refractivity contribution is -0.0848. The number of fused-ring (bicyclic) bond motifs is 1. The molecular weight excluding hydrogens is 498 g/mol. The molecular formula is C26H30F2N6O4. The molecule has 0 atom stereocenters. The minimum absolute atomic E-state index is 0.0384. The number of ether oxygens (including phenoxy) is 2. The molecule has 2 fully saturated rings. The Morgan fingerprint density at radius 1 is 1.24 bits per heavy atom. The van der Waals surface area contributed by atoms with Crippen LogP contribution in [-0.2, 0) is 0 Å². The van der Waals surface area contributed by atoms with Crippen LogP contribution in [0.5, 0.6) is 11.6 Å². The van der Waals surface area contributed by atoms with E-state index in [-0.39, 0.29) is 46.8 Å². The molecule has 2 aliphatic carbocycles. The molecule has 10 nitrogen and oxygen atoms in total. The number of alkyl halides is 2. The zero-order valence-corrected chi connectivity index (χ0v) is 21.1. The van der Waals surface area contributed by atoms with Crippen LogP contribution in [0.2, 0.25) is 0 Å². The number of nitrogens with zero attached hydrogens (tertiary/aromatic N) is 3. The summed E-state index contributed by atoms with van der Waals surface area (Å²) in [5.41, 5.74) is 10.9. The number of hydrogen-bond acceptors (Lipinski definition) is 7. The van der Waals surface area contributed by atoms with Gasteiger partial charge in [-0.25, -0.2) is 18.7 Å². The van der Waals surface area contributed by atoms with Gasteiger partial charge in [0.25, 0.3) is 18.2 Å².